The first kappa shape index (κ1) is 17.9. The number of amides is 1. The molecule has 0 aliphatic carbocycles. The van der Waals surface area contributed by atoms with Gasteiger partial charge in [0.1, 0.15) is 17.8 Å². The van der Waals surface area contributed by atoms with E-state index >= 15 is 4.39 Å². The van der Waals surface area contributed by atoms with Crippen molar-refractivity contribution in [3.05, 3.63) is 54.4 Å². The van der Waals surface area contributed by atoms with Crippen LogP contribution in [0, 0.1) is 5.82 Å². The lowest BCUT2D eigenvalue weighted by Gasteiger charge is -2.44. The average Bonchev–Trinajstić information content (AvgIpc) is 3.22. The fourth-order valence-corrected chi connectivity index (χ4v) is 3.14. The number of nitrogens with one attached hydrogen (secondary N) is 1. The third-order valence-electron chi connectivity index (χ3n) is 4.91. The molecule has 28 heavy (non-hydrogen) atoms. The Hall–Kier alpha value is -3.49. The lowest BCUT2D eigenvalue weighted by atomic mass is 10.1. The van der Waals surface area contributed by atoms with Crippen LogP contribution in [0.5, 0.6) is 5.75 Å². The minimum absolute atomic E-state index is 0.0267. The van der Waals surface area contributed by atoms with Crippen LogP contribution in [-0.4, -0.2) is 64.3 Å². The van der Waals surface area contributed by atoms with Crippen molar-refractivity contribution in [3.8, 4) is 17.0 Å². The number of carbonyl (C=O) groups is 1. The van der Waals surface area contributed by atoms with Crippen LogP contribution < -0.4 is 9.64 Å². The molecule has 3 heterocycles. The summed E-state index contributed by atoms with van der Waals surface area (Å²) in [6, 6.07) is 7.00. The highest BCUT2D eigenvalue weighted by Crippen LogP contribution is 2.30. The van der Waals surface area contributed by atoms with Crippen LogP contribution in [0.4, 0.5) is 10.2 Å². The molecular formula is C19H19FN6O2. The minimum atomic E-state index is -0.477. The Bertz CT molecular complexity index is 971. The van der Waals surface area contributed by atoms with Crippen molar-refractivity contribution in [3.63, 3.8) is 0 Å². The number of rotatable bonds is 5. The fourth-order valence-electron chi connectivity index (χ4n) is 3.14. The largest absolute Gasteiger partial charge is 0.497 e. The first-order chi connectivity index (χ1) is 13.6. The second-order valence-electron chi connectivity index (χ2n) is 6.55. The van der Waals surface area contributed by atoms with Gasteiger partial charge < -0.3 is 14.5 Å². The number of benzene rings is 1. The van der Waals surface area contributed by atoms with Gasteiger partial charge in [-0.15, -0.1) is 0 Å². The number of aromatic amines is 1. The SMILES string of the molecule is COc1ccc(-c2ncnc(N3CC(N(C)C(=O)c4cn[nH]c4)C3)c2F)cc1. The van der Waals surface area contributed by atoms with E-state index in [1.54, 1.807) is 54.4 Å². The van der Waals surface area contributed by atoms with E-state index in [0.717, 1.165) is 0 Å². The summed E-state index contributed by atoms with van der Waals surface area (Å²) in [5, 5.41) is 6.42. The summed E-state index contributed by atoms with van der Waals surface area (Å²) in [6.07, 6.45) is 4.40. The summed E-state index contributed by atoms with van der Waals surface area (Å²) in [5.74, 6) is 0.325. The summed E-state index contributed by atoms with van der Waals surface area (Å²) >= 11 is 0. The van der Waals surface area contributed by atoms with Gasteiger partial charge in [-0.05, 0) is 24.3 Å². The molecule has 1 N–H and O–H groups in total. The molecule has 2 aromatic heterocycles. The van der Waals surface area contributed by atoms with E-state index in [1.165, 1.54) is 12.5 Å². The highest BCUT2D eigenvalue weighted by molar-refractivity contribution is 5.93. The van der Waals surface area contributed by atoms with Crippen LogP contribution in [0.3, 0.4) is 0 Å². The van der Waals surface area contributed by atoms with Crippen molar-refractivity contribution in [2.45, 2.75) is 6.04 Å². The normalized spacial score (nSPS) is 13.9. The Kier molecular flexibility index (Phi) is 4.64. The number of carbonyl (C=O) groups excluding carboxylic acids is 1. The molecule has 9 heteroatoms. The second-order valence-corrected chi connectivity index (χ2v) is 6.55. The van der Waals surface area contributed by atoms with Gasteiger partial charge in [0.25, 0.3) is 5.91 Å². The van der Waals surface area contributed by atoms with Crippen LogP contribution in [-0.2, 0) is 0 Å². The molecule has 1 aliphatic heterocycles. The zero-order chi connectivity index (χ0) is 19.7. The molecule has 0 unspecified atom stereocenters. The molecule has 4 rings (SSSR count). The Balaban J connectivity index is 1.48. The molecule has 1 aromatic carbocycles. The first-order valence-electron chi connectivity index (χ1n) is 8.74. The van der Waals surface area contributed by atoms with E-state index in [9.17, 15) is 4.79 Å². The maximum Gasteiger partial charge on any atom is 0.257 e. The summed E-state index contributed by atoms with van der Waals surface area (Å²) in [6.45, 7) is 0.992. The van der Waals surface area contributed by atoms with Gasteiger partial charge in [-0.1, -0.05) is 0 Å². The Morgan fingerprint density at radius 3 is 2.68 bits per heavy atom. The number of hydrogen-bond donors (Lipinski definition) is 1. The van der Waals surface area contributed by atoms with Gasteiger partial charge in [0.15, 0.2) is 11.6 Å². The van der Waals surface area contributed by atoms with Gasteiger partial charge in [-0.25, -0.2) is 14.4 Å². The molecule has 3 aromatic rings. The molecule has 1 aliphatic rings. The first-order valence-corrected chi connectivity index (χ1v) is 8.74. The molecule has 0 atom stereocenters. The molecule has 144 valence electrons. The van der Waals surface area contributed by atoms with E-state index in [2.05, 4.69) is 20.2 Å². The third-order valence-corrected chi connectivity index (χ3v) is 4.91. The smallest absolute Gasteiger partial charge is 0.257 e. The average molecular weight is 382 g/mol. The van der Waals surface area contributed by atoms with Crippen LogP contribution in [0.1, 0.15) is 10.4 Å². The predicted octanol–water partition coefficient (Wildman–Crippen LogP) is 1.98. The van der Waals surface area contributed by atoms with Crippen LogP contribution in [0.15, 0.2) is 43.0 Å². The maximum absolute atomic E-state index is 15.0. The third kappa shape index (κ3) is 3.15. The van der Waals surface area contributed by atoms with Gasteiger partial charge in [0, 0.05) is 31.9 Å². The van der Waals surface area contributed by atoms with Gasteiger partial charge in [-0.2, -0.15) is 5.10 Å². The quantitative estimate of drug-likeness (QED) is 0.726. The number of methoxy groups -OCH3 is 1. The number of likely N-dealkylation sites (N-methyl/N-ethyl adjacent to an activating group) is 1. The van der Waals surface area contributed by atoms with Crippen LogP contribution >= 0.6 is 0 Å². The number of ether oxygens (including phenoxy) is 1. The molecule has 1 saturated heterocycles. The molecule has 0 saturated carbocycles. The van der Waals surface area contributed by atoms with E-state index in [1.807, 2.05) is 0 Å². The number of hydrogen-bond acceptors (Lipinski definition) is 6. The Morgan fingerprint density at radius 1 is 1.29 bits per heavy atom. The lowest BCUT2D eigenvalue weighted by molar-refractivity contribution is 0.0705. The van der Waals surface area contributed by atoms with Gasteiger partial charge in [-0.3, -0.25) is 9.89 Å². The number of anilines is 1. The van der Waals surface area contributed by atoms with Crippen molar-refractivity contribution < 1.29 is 13.9 Å². The lowest BCUT2D eigenvalue weighted by Crippen LogP contribution is -2.60. The van der Waals surface area contributed by atoms with Crippen molar-refractivity contribution in [1.29, 1.82) is 0 Å². The summed E-state index contributed by atoms with van der Waals surface area (Å²) in [7, 11) is 3.31. The number of nitrogens with zero attached hydrogens (tertiary/aromatic N) is 5. The number of aromatic nitrogens is 4. The number of H-pyrrole nitrogens is 1. The zero-order valence-electron chi connectivity index (χ0n) is 15.5. The molecule has 1 fully saturated rings. The van der Waals surface area contributed by atoms with Gasteiger partial charge in [0.2, 0.25) is 0 Å². The van der Waals surface area contributed by atoms with E-state index in [0.29, 0.717) is 30.0 Å². The predicted molar refractivity (Wildman–Crippen MR) is 101 cm³/mol. The van der Waals surface area contributed by atoms with E-state index < -0.39 is 5.82 Å². The van der Waals surface area contributed by atoms with Crippen molar-refractivity contribution >= 4 is 11.7 Å². The summed E-state index contributed by atoms with van der Waals surface area (Å²) < 4.78 is 20.2. The maximum atomic E-state index is 15.0. The Morgan fingerprint density at radius 2 is 2.04 bits per heavy atom. The van der Waals surface area contributed by atoms with Gasteiger partial charge in [0.05, 0.1) is 24.9 Å². The zero-order valence-corrected chi connectivity index (χ0v) is 15.5. The minimum Gasteiger partial charge on any atom is -0.497 e. The summed E-state index contributed by atoms with van der Waals surface area (Å²) in [5.41, 5.74) is 1.38. The van der Waals surface area contributed by atoms with Crippen molar-refractivity contribution in [1.82, 2.24) is 25.1 Å². The number of halogens is 1. The molecule has 8 nitrogen and oxygen atoms in total. The monoisotopic (exact) mass is 382 g/mol. The van der Waals surface area contributed by atoms with Crippen molar-refractivity contribution in [2.75, 3.05) is 32.1 Å². The second kappa shape index (κ2) is 7.26. The van der Waals surface area contributed by atoms with Gasteiger partial charge >= 0.3 is 0 Å². The van der Waals surface area contributed by atoms with E-state index in [4.69, 9.17) is 4.74 Å². The molecule has 1 amide bonds. The van der Waals surface area contributed by atoms with Crippen LogP contribution in [0.2, 0.25) is 0 Å². The summed E-state index contributed by atoms with van der Waals surface area (Å²) in [4.78, 5) is 24.0. The Labute approximate surface area is 161 Å². The molecule has 0 spiro atoms. The molecule has 0 bridgehead atoms. The standard InChI is InChI=1S/C19H19FN6O2/c1-25(19(27)13-7-23-24-8-13)14-9-26(10-14)18-16(20)17(21-11-22-18)12-3-5-15(28-2)6-4-12/h3-8,11,14H,9-10H2,1-2H3,(H,23,24). The van der Waals surface area contributed by atoms with E-state index in [-0.39, 0.29) is 23.5 Å². The highest BCUT2D eigenvalue weighted by Gasteiger charge is 2.35. The fraction of sp³-hybridized carbons (Fsp3) is 0.263. The van der Waals surface area contributed by atoms with Crippen molar-refractivity contribution in [2.24, 2.45) is 0 Å². The molecular weight excluding hydrogens is 363 g/mol. The topological polar surface area (TPSA) is 87.2 Å². The molecule has 0 radical (unpaired) electrons. The highest BCUT2D eigenvalue weighted by atomic mass is 19.1. The van der Waals surface area contributed by atoms with Crippen LogP contribution in [0.25, 0.3) is 11.3 Å².